The Labute approximate surface area is 118 Å². The van der Waals surface area contributed by atoms with Gasteiger partial charge in [-0.25, -0.2) is 0 Å². The van der Waals surface area contributed by atoms with E-state index in [4.69, 9.17) is 16.7 Å². The fourth-order valence-electron chi connectivity index (χ4n) is 1.73. The van der Waals surface area contributed by atoms with Gasteiger partial charge in [-0.05, 0) is 30.5 Å². The molecular formula is C14H20ClNO3. The van der Waals surface area contributed by atoms with Crippen molar-refractivity contribution in [2.45, 2.75) is 32.1 Å². The fourth-order valence-corrected chi connectivity index (χ4v) is 1.97. The highest BCUT2D eigenvalue weighted by atomic mass is 35.5. The van der Waals surface area contributed by atoms with Crippen LogP contribution in [0, 0.1) is 0 Å². The van der Waals surface area contributed by atoms with E-state index in [1.54, 1.807) is 6.07 Å². The third-order valence-electron chi connectivity index (χ3n) is 2.79. The van der Waals surface area contributed by atoms with Crippen LogP contribution in [0.1, 0.15) is 31.2 Å². The number of amides is 1. The van der Waals surface area contributed by atoms with Crippen molar-refractivity contribution in [1.82, 2.24) is 5.32 Å². The number of benzene rings is 1. The number of hydrogen-bond donors (Lipinski definition) is 3. The summed E-state index contributed by atoms with van der Waals surface area (Å²) in [6, 6.07) is 4.60. The lowest BCUT2D eigenvalue weighted by Crippen LogP contribution is -2.26. The van der Waals surface area contributed by atoms with Crippen molar-refractivity contribution >= 4 is 17.5 Å². The molecule has 1 aromatic carbocycles. The van der Waals surface area contributed by atoms with Crippen molar-refractivity contribution < 1.29 is 15.0 Å². The summed E-state index contributed by atoms with van der Waals surface area (Å²) in [5.41, 5.74) is 0.706. The molecule has 0 unspecified atom stereocenters. The molecule has 0 saturated carbocycles. The van der Waals surface area contributed by atoms with Crippen LogP contribution in [-0.2, 0) is 11.2 Å². The average Bonchev–Trinajstić information content (AvgIpc) is 2.37. The number of carbonyl (C=O) groups excluding carboxylic acids is 1. The van der Waals surface area contributed by atoms with Gasteiger partial charge in [0.1, 0.15) is 5.75 Å². The predicted octanol–water partition coefficient (Wildman–Crippen LogP) is 2.26. The summed E-state index contributed by atoms with van der Waals surface area (Å²) in [6.07, 6.45) is 3.93. The third kappa shape index (κ3) is 6.45. The fraction of sp³-hybridized carbons (Fsp3) is 0.500. The van der Waals surface area contributed by atoms with Crippen LogP contribution >= 0.6 is 11.6 Å². The molecule has 4 nitrogen and oxygen atoms in total. The van der Waals surface area contributed by atoms with Crippen LogP contribution in [0.25, 0.3) is 0 Å². The standard InChI is InChI=1S/C14H20ClNO3/c15-13-10-12(18)6-5-11(13)9-14(19)16-7-3-1-2-4-8-17/h5-6,10,17-18H,1-4,7-9H2,(H,16,19). The topological polar surface area (TPSA) is 69.6 Å². The Balaban J connectivity index is 2.23. The van der Waals surface area contributed by atoms with Gasteiger partial charge in [0.25, 0.3) is 0 Å². The van der Waals surface area contributed by atoms with Gasteiger partial charge in [0.05, 0.1) is 6.42 Å². The molecular weight excluding hydrogens is 266 g/mol. The molecule has 0 radical (unpaired) electrons. The molecule has 1 rings (SSSR count). The Morgan fingerprint density at radius 1 is 1.21 bits per heavy atom. The zero-order valence-electron chi connectivity index (χ0n) is 10.9. The van der Waals surface area contributed by atoms with Crippen LogP contribution in [-0.4, -0.2) is 29.3 Å². The second-order valence-electron chi connectivity index (χ2n) is 4.44. The minimum absolute atomic E-state index is 0.0743. The van der Waals surface area contributed by atoms with Crippen LogP contribution < -0.4 is 5.32 Å². The van der Waals surface area contributed by atoms with Crippen molar-refractivity contribution in [3.8, 4) is 5.75 Å². The Kier molecular flexibility index (Phi) is 7.30. The third-order valence-corrected chi connectivity index (χ3v) is 3.15. The van der Waals surface area contributed by atoms with E-state index >= 15 is 0 Å². The molecule has 0 bridgehead atoms. The lowest BCUT2D eigenvalue weighted by Gasteiger charge is -2.07. The van der Waals surface area contributed by atoms with Gasteiger partial charge in [0, 0.05) is 18.2 Å². The van der Waals surface area contributed by atoms with E-state index in [0.29, 0.717) is 17.1 Å². The van der Waals surface area contributed by atoms with Gasteiger partial charge >= 0.3 is 0 Å². The Morgan fingerprint density at radius 3 is 2.63 bits per heavy atom. The summed E-state index contributed by atoms with van der Waals surface area (Å²) in [7, 11) is 0. The molecule has 0 aromatic heterocycles. The lowest BCUT2D eigenvalue weighted by molar-refractivity contribution is -0.120. The highest BCUT2D eigenvalue weighted by Crippen LogP contribution is 2.21. The number of unbranched alkanes of at least 4 members (excludes halogenated alkanes) is 3. The van der Waals surface area contributed by atoms with E-state index < -0.39 is 0 Å². The van der Waals surface area contributed by atoms with E-state index in [0.717, 1.165) is 25.7 Å². The minimum Gasteiger partial charge on any atom is -0.508 e. The summed E-state index contributed by atoms with van der Waals surface area (Å²) < 4.78 is 0. The van der Waals surface area contributed by atoms with Gasteiger partial charge in [-0.1, -0.05) is 30.5 Å². The maximum atomic E-state index is 11.7. The van der Waals surface area contributed by atoms with E-state index in [1.807, 2.05) is 0 Å². The van der Waals surface area contributed by atoms with Crippen molar-refractivity contribution in [2.24, 2.45) is 0 Å². The second-order valence-corrected chi connectivity index (χ2v) is 4.85. The van der Waals surface area contributed by atoms with E-state index in [2.05, 4.69) is 5.32 Å². The number of aliphatic hydroxyl groups excluding tert-OH is 1. The number of aromatic hydroxyl groups is 1. The van der Waals surface area contributed by atoms with Crippen LogP contribution in [0.2, 0.25) is 5.02 Å². The number of nitrogens with one attached hydrogen (secondary N) is 1. The molecule has 0 saturated heterocycles. The Hall–Kier alpha value is -1.26. The van der Waals surface area contributed by atoms with Gasteiger partial charge < -0.3 is 15.5 Å². The highest BCUT2D eigenvalue weighted by molar-refractivity contribution is 6.31. The summed E-state index contributed by atoms with van der Waals surface area (Å²) in [5, 5.41) is 21.1. The highest BCUT2D eigenvalue weighted by Gasteiger charge is 2.07. The number of phenols is 1. The quantitative estimate of drug-likeness (QED) is 0.642. The first kappa shape index (κ1) is 15.8. The van der Waals surface area contributed by atoms with E-state index in [1.165, 1.54) is 12.1 Å². The number of hydrogen-bond acceptors (Lipinski definition) is 3. The lowest BCUT2D eigenvalue weighted by atomic mass is 10.1. The van der Waals surface area contributed by atoms with Crippen molar-refractivity contribution in [3.05, 3.63) is 28.8 Å². The monoisotopic (exact) mass is 285 g/mol. The van der Waals surface area contributed by atoms with Gasteiger partial charge in [-0.2, -0.15) is 0 Å². The van der Waals surface area contributed by atoms with Crippen LogP contribution in [0.3, 0.4) is 0 Å². The van der Waals surface area contributed by atoms with Gasteiger partial charge in [0.15, 0.2) is 0 Å². The molecule has 1 amide bonds. The van der Waals surface area contributed by atoms with Crippen LogP contribution in [0.5, 0.6) is 5.75 Å². The minimum atomic E-state index is -0.0743. The first-order valence-electron chi connectivity index (χ1n) is 6.48. The molecule has 3 N–H and O–H groups in total. The molecule has 5 heteroatoms. The molecule has 0 aliphatic carbocycles. The maximum Gasteiger partial charge on any atom is 0.224 e. The molecule has 0 atom stereocenters. The molecule has 0 aliphatic rings. The molecule has 19 heavy (non-hydrogen) atoms. The Morgan fingerprint density at radius 2 is 1.95 bits per heavy atom. The van der Waals surface area contributed by atoms with E-state index in [-0.39, 0.29) is 24.7 Å². The SMILES string of the molecule is O=C(Cc1ccc(O)cc1Cl)NCCCCCCO. The molecule has 106 valence electrons. The molecule has 0 heterocycles. The first-order valence-corrected chi connectivity index (χ1v) is 6.86. The number of halogens is 1. The van der Waals surface area contributed by atoms with Crippen LogP contribution in [0.15, 0.2) is 18.2 Å². The predicted molar refractivity (Wildman–Crippen MR) is 75.4 cm³/mol. The largest absolute Gasteiger partial charge is 0.508 e. The van der Waals surface area contributed by atoms with Gasteiger partial charge in [-0.3, -0.25) is 4.79 Å². The molecule has 0 spiro atoms. The Bertz CT molecular complexity index is 410. The molecule has 0 aliphatic heterocycles. The smallest absolute Gasteiger partial charge is 0.224 e. The van der Waals surface area contributed by atoms with Gasteiger partial charge in [-0.15, -0.1) is 0 Å². The van der Waals surface area contributed by atoms with Crippen molar-refractivity contribution in [2.75, 3.05) is 13.2 Å². The van der Waals surface area contributed by atoms with Gasteiger partial charge in [0.2, 0.25) is 5.91 Å². The second kappa shape index (κ2) is 8.77. The zero-order valence-corrected chi connectivity index (χ0v) is 11.6. The summed E-state index contributed by atoms with van der Waals surface area (Å²) in [6.45, 7) is 0.867. The van der Waals surface area contributed by atoms with Crippen LogP contribution in [0.4, 0.5) is 0 Å². The maximum absolute atomic E-state index is 11.7. The number of aliphatic hydroxyl groups is 1. The normalized spacial score (nSPS) is 10.4. The summed E-state index contributed by atoms with van der Waals surface area (Å²) in [4.78, 5) is 11.7. The summed E-state index contributed by atoms with van der Waals surface area (Å²) >= 11 is 5.93. The number of rotatable bonds is 8. The van der Waals surface area contributed by atoms with Crippen molar-refractivity contribution in [1.29, 1.82) is 0 Å². The molecule has 0 fully saturated rings. The molecule has 1 aromatic rings. The number of phenolic OH excluding ortho intramolecular Hbond substituents is 1. The summed E-state index contributed by atoms with van der Waals surface area (Å²) in [5.74, 6) is 0.0211. The zero-order chi connectivity index (χ0) is 14.1. The van der Waals surface area contributed by atoms with Crippen molar-refractivity contribution in [3.63, 3.8) is 0 Å². The van der Waals surface area contributed by atoms with E-state index in [9.17, 15) is 9.90 Å². The first-order chi connectivity index (χ1) is 9.13. The average molecular weight is 286 g/mol. The number of carbonyl (C=O) groups is 1.